The van der Waals surface area contributed by atoms with E-state index in [2.05, 4.69) is 0 Å². The van der Waals surface area contributed by atoms with Crippen LogP contribution in [0.1, 0.15) is 43.7 Å². The molecule has 1 heterocycles. The molecule has 0 radical (unpaired) electrons. The molecule has 0 saturated carbocycles. The molecule has 0 aromatic heterocycles. The fourth-order valence-corrected chi connectivity index (χ4v) is 2.87. The maximum atomic E-state index is 12.2. The van der Waals surface area contributed by atoms with Gasteiger partial charge >= 0.3 is 0 Å². The van der Waals surface area contributed by atoms with Gasteiger partial charge in [0, 0.05) is 39.5 Å². The Kier molecular flexibility index (Phi) is 5.99. The quantitative estimate of drug-likeness (QED) is 0.839. The Morgan fingerprint density at radius 2 is 1.82 bits per heavy atom. The standard InChI is InChI=1S/C18H26N2O2/c1-15-8-4-5-9-17(15)14-20(16(2)21)13-10-18(22)19-11-6-3-7-12-19/h4-5,8-9H,3,6-7,10-14H2,1-2H3. The second-order valence-electron chi connectivity index (χ2n) is 6.06. The summed E-state index contributed by atoms with van der Waals surface area (Å²) in [6, 6.07) is 8.07. The van der Waals surface area contributed by atoms with Crippen LogP contribution in [0.3, 0.4) is 0 Å². The van der Waals surface area contributed by atoms with E-state index in [0.29, 0.717) is 19.5 Å². The maximum absolute atomic E-state index is 12.2. The van der Waals surface area contributed by atoms with Gasteiger partial charge in [-0.15, -0.1) is 0 Å². The summed E-state index contributed by atoms with van der Waals surface area (Å²) in [6.07, 6.45) is 3.85. The normalized spacial score (nSPS) is 14.7. The van der Waals surface area contributed by atoms with Crippen LogP contribution in [0.2, 0.25) is 0 Å². The van der Waals surface area contributed by atoms with Crippen molar-refractivity contribution in [2.45, 2.75) is 46.1 Å². The summed E-state index contributed by atoms with van der Waals surface area (Å²) < 4.78 is 0. The molecule has 1 aromatic carbocycles. The first kappa shape index (κ1) is 16.5. The molecule has 2 amide bonds. The lowest BCUT2D eigenvalue weighted by Crippen LogP contribution is -2.38. The predicted octanol–water partition coefficient (Wildman–Crippen LogP) is 2.75. The molecule has 0 atom stereocenters. The lowest BCUT2D eigenvalue weighted by Gasteiger charge is -2.28. The van der Waals surface area contributed by atoms with Crippen LogP contribution in [0, 0.1) is 6.92 Å². The van der Waals surface area contributed by atoms with Crippen molar-refractivity contribution in [2.75, 3.05) is 19.6 Å². The Hall–Kier alpha value is -1.84. The molecule has 1 aliphatic rings. The summed E-state index contributed by atoms with van der Waals surface area (Å²) in [6.45, 7) is 6.44. The van der Waals surface area contributed by atoms with Crippen molar-refractivity contribution in [3.63, 3.8) is 0 Å². The van der Waals surface area contributed by atoms with E-state index in [1.54, 1.807) is 11.8 Å². The third-order valence-electron chi connectivity index (χ3n) is 4.37. The van der Waals surface area contributed by atoms with Crippen LogP contribution in [-0.4, -0.2) is 41.2 Å². The zero-order chi connectivity index (χ0) is 15.9. The first-order valence-corrected chi connectivity index (χ1v) is 8.15. The van der Waals surface area contributed by atoms with E-state index in [4.69, 9.17) is 0 Å². The Labute approximate surface area is 133 Å². The average molecular weight is 302 g/mol. The number of carbonyl (C=O) groups is 2. The van der Waals surface area contributed by atoms with Crippen LogP contribution in [0.15, 0.2) is 24.3 Å². The molecule has 0 unspecified atom stereocenters. The summed E-state index contributed by atoms with van der Waals surface area (Å²) in [5.74, 6) is 0.199. The summed E-state index contributed by atoms with van der Waals surface area (Å²) in [5, 5.41) is 0. The van der Waals surface area contributed by atoms with Gasteiger partial charge in [-0.2, -0.15) is 0 Å². The van der Waals surface area contributed by atoms with Gasteiger partial charge in [0.1, 0.15) is 0 Å². The van der Waals surface area contributed by atoms with Gasteiger partial charge in [-0.25, -0.2) is 0 Å². The van der Waals surface area contributed by atoms with Crippen LogP contribution >= 0.6 is 0 Å². The monoisotopic (exact) mass is 302 g/mol. The first-order valence-electron chi connectivity index (χ1n) is 8.15. The van der Waals surface area contributed by atoms with E-state index in [1.165, 1.54) is 12.0 Å². The number of nitrogens with zero attached hydrogens (tertiary/aromatic N) is 2. The van der Waals surface area contributed by atoms with Crippen LogP contribution in [0.4, 0.5) is 0 Å². The molecule has 0 aliphatic carbocycles. The molecule has 1 saturated heterocycles. The molecule has 4 heteroatoms. The van der Waals surface area contributed by atoms with E-state index in [1.807, 2.05) is 36.1 Å². The number of amides is 2. The highest BCUT2D eigenvalue weighted by atomic mass is 16.2. The number of hydrogen-bond acceptors (Lipinski definition) is 2. The summed E-state index contributed by atoms with van der Waals surface area (Å²) in [4.78, 5) is 27.8. The topological polar surface area (TPSA) is 40.6 Å². The molecule has 0 bridgehead atoms. The SMILES string of the molecule is CC(=O)N(CCC(=O)N1CCCCC1)Cc1ccccc1C. The smallest absolute Gasteiger partial charge is 0.224 e. The van der Waals surface area contributed by atoms with Gasteiger partial charge in [-0.1, -0.05) is 24.3 Å². The van der Waals surface area contributed by atoms with Crippen LogP contribution in [0.25, 0.3) is 0 Å². The number of rotatable bonds is 5. The van der Waals surface area contributed by atoms with Gasteiger partial charge in [0.2, 0.25) is 11.8 Å². The minimum atomic E-state index is 0.0229. The second kappa shape index (κ2) is 7.97. The van der Waals surface area contributed by atoms with Gasteiger partial charge in [0.15, 0.2) is 0 Å². The zero-order valence-electron chi connectivity index (χ0n) is 13.7. The van der Waals surface area contributed by atoms with E-state index in [9.17, 15) is 9.59 Å². The van der Waals surface area contributed by atoms with Crippen molar-refractivity contribution in [1.82, 2.24) is 9.80 Å². The molecular weight excluding hydrogens is 276 g/mol. The highest BCUT2D eigenvalue weighted by molar-refractivity contribution is 5.78. The molecule has 0 N–H and O–H groups in total. The van der Waals surface area contributed by atoms with E-state index in [-0.39, 0.29) is 11.8 Å². The lowest BCUT2D eigenvalue weighted by molar-refractivity contribution is -0.134. The van der Waals surface area contributed by atoms with Crippen molar-refractivity contribution in [3.05, 3.63) is 35.4 Å². The van der Waals surface area contributed by atoms with Gasteiger partial charge in [-0.05, 0) is 37.3 Å². The van der Waals surface area contributed by atoms with E-state index < -0.39 is 0 Å². The fraction of sp³-hybridized carbons (Fsp3) is 0.556. The first-order chi connectivity index (χ1) is 10.6. The van der Waals surface area contributed by atoms with Crippen molar-refractivity contribution in [3.8, 4) is 0 Å². The largest absolute Gasteiger partial charge is 0.343 e. The number of benzene rings is 1. The molecule has 4 nitrogen and oxygen atoms in total. The molecule has 120 valence electrons. The number of carbonyl (C=O) groups excluding carboxylic acids is 2. The fourth-order valence-electron chi connectivity index (χ4n) is 2.87. The van der Waals surface area contributed by atoms with Gasteiger partial charge < -0.3 is 9.80 Å². The number of hydrogen-bond donors (Lipinski definition) is 0. The third-order valence-corrected chi connectivity index (χ3v) is 4.37. The molecule has 1 aromatic rings. The Bertz CT molecular complexity index is 522. The maximum Gasteiger partial charge on any atom is 0.224 e. The van der Waals surface area contributed by atoms with E-state index >= 15 is 0 Å². The predicted molar refractivity (Wildman–Crippen MR) is 87.3 cm³/mol. The molecule has 1 aliphatic heterocycles. The van der Waals surface area contributed by atoms with Crippen LogP contribution in [0.5, 0.6) is 0 Å². The molecule has 2 rings (SSSR count). The minimum absolute atomic E-state index is 0.0229. The van der Waals surface area contributed by atoms with Gasteiger partial charge in [0.05, 0.1) is 0 Å². The second-order valence-corrected chi connectivity index (χ2v) is 6.06. The lowest BCUT2D eigenvalue weighted by atomic mass is 10.1. The Balaban J connectivity index is 1.90. The summed E-state index contributed by atoms with van der Waals surface area (Å²) in [7, 11) is 0. The van der Waals surface area contributed by atoms with Crippen LogP contribution < -0.4 is 0 Å². The Morgan fingerprint density at radius 1 is 1.14 bits per heavy atom. The summed E-state index contributed by atoms with van der Waals surface area (Å²) in [5.41, 5.74) is 2.32. The minimum Gasteiger partial charge on any atom is -0.343 e. The van der Waals surface area contributed by atoms with Gasteiger partial charge in [0.25, 0.3) is 0 Å². The summed E-state index contributed by atoms with van der Waals surface area (Å²) >= 11 is 0. The van der Waals surface area contributed by atoms with Crippen molar-refractivity contribution >= 4 is 11.8 Å². The van der Waals surface area contributed by atoms with Crippen molar-refractivity contribution < 1.29 is 9.59 Å². The Morgan fingerprint density at radius 3 is 2.45 bits per heavy atom. The number of aryl methyl sites for hydroxylation is 1. The number of likely N-dealkylation sites (tertiary alicyclic amines) is 1. The average Bonchev–Trinajstić information content (AvgIpc) is 2.53. The van der Waals surface area contributed by atoms with Crippen molar-refractivity contribution in [2.24, 2.45) is 0 Å². The third kappa shape index (κ3) is 4.58. The van der Waals surface area contributed by atoms with Crippen LogP contribution in [-0.2, 0) is 16.1 Å². The zero-order valence-corrected chi connectivity index (χ0v) is 13.7. The highest BCUT2D eigenvalue weighted by Gasteiger charge is 2.18. The highest BCUT2D eigenvalue weighted by Crippen LogP contribution is 2.13. The van der Waals surface area contributed by atoms with Crippen molar-refractivity contribution in [1.29, 1.82) is 0 Å². The number of piperidine rings is 1. The molecular formula is C18H26N2O2. The van der Waals surface area contributed by atoms with E-state index in [0.717, 1.165) is 31.5 Å². The molecule has 0 spiro atoms. The molecule has 22 heavy (non-hydrogen) atoms. The molecule has 1 fully saturated rings. The van der Waals surface area contributed by atoms with Gasteiger partial charge in [-0.3, -0.25) is 9.59 Å².